The molecule has 1 atom stereocenters. The summed E-state index contributed by atoms with van der Waals surface area (Å²) in [6.07, 6.45) is 0. The van der Waals surface area contributed by atoms with Gasteiger partial charge in [0.25, 0.3) is 0 Å². The number of methoxy groups -OCH3 is 1. The lowest BCUT2D eigenvalue weighted by Crippen LogP contribution is -2.25. The number of aromatic nitrogens is 4. The first-order valence-electron chi connectivity index (χ1n) is 8.65. The summed E-state index contributed by atoms with van der Waals surface area (Å²) in [6.45, 7) is 13.3. The third-order valence-electron chi connectivity index (χ3n) is 4.24. The van der Waals surface area contributed by atoms with Gasteiger partial charge in [-0.2, -0.15) is 10.2 Å². The van der Waals surface area contributed by atoms with Gasteiger partial charge in [0.05, 0.1) is 24.1 Å². The first-order valence-corrected chi connectivity index (χ1v) is 8.65. The molecular weight excluding hydrogens is 302 g/mol. The molecule has 0 bridgehead atoms. The first-order chi connectivity index (χ1) is 11.3. The van der Waals surface area contributed by atoms with Crippen LogP contribution in [0.2, 0.25) is 0 Å². The van der Waals surface area contributed by atoms with Crippen LogP contribution in [0.3, 0.4) is 0 Å². The average molecular weight is 333 g/mol. The monoisotopic (exact) mass is 333 g/mol. The number of ether oxygens (including phenoxy) is 1. The van der Waals surface area contributed by atoms with Crippen molar-refractivity contribution in [2.24, 2.45) is 13.0 Å². The van der Waals surface area contributed by atoms with E-state index in [1.807, 2.05) is 18.7 Å². The molecule has 1 N–H and O–H groups in total. The molecule has 2 heterocycles. The second kappa shape index (κ2) is 7.83. The molecule has 6 nitrogen and oxygen atoms in total. The normalized spacial score (nSPS) is 12.8. The van der Waals surface area contributed by atoms with Crippen molar-refractivity contribution >= 4 is 0 Å². The van der Waals surface area contributed by atoms with Crippen LogP contribution in [-0.2, 0) is 20.1 Å². The van der Waals surface area contributed by atoms with Crippen LogP contribution in [0.1, 0.15) is 49.3 Å². The molecule has 0 aliphatic rings. The van der Waals surface area contributed by atoms with Gasteiger partial charge >= 0.3 is 0 Å². The van der Waals surface area contributed by atoms with E-state index in [1.54, 1.807) is 7.11 Å². The van der Waals surface area contributed by atoms with E-state index in [0.29, 0.717) is 11.8 Å². The minimum Gasteiger partial charge on any atom is -0.481 e. The van der Waals surface area contributed by atoms with Crippen LogP contribution in [0.5, 0.6) is 5.88 Å². The fraction of sp³-hybridized carbons (Fsp3) is 0.667. The van der Waals surface area contributed by atoms with Gasteiger partial charge in [-0.3, -0.25) is 4.68 Å². The Balaban J connectivity index is 1.95. The number of aryl methyl sites for hydroxylation is 3. The van der Waals surface area contributed by atoms with Crippen LogP contribution in [0.4, 0.5) is 0 Å². The first kappa shape index (κ1) is 18.5. The van der Waals surface area contributed by atoms with Gasteiger partial charge in [-0.15, -0.1) is 0 Å². The van der Waals surface area contributed by atoms with E-state index < -0.39 is 0 Å². The highest BCUT2D eigenvalue weighted by atomic mass is 16.5. The Morgan fingerprint density at radius 1 is 1.21 bits per heavy atom. The Labute approximate surface area is 145 Å². The molecule has 2 aromatic heterocycles. The molecule has 0 unspecified atom stereocenters. The topological polar surface area (TPSA) is 56.9 Å². The van der Waals surface area contributed by atoms with Crippen molar-refractivity contribution in [2.45, 2.75) is 53.6 Å². The van der Waals surface area contributed by atoms with Gasteiger partial charge in [0, 0.05) is 25.8 Å². The molecule has 0 aliphatic carbocycles. The van der Waals surface area contributed by atoms with Crippen LogP contribution in [0, 0.1) is 19.8 Å². The zero-order chi connectivity index (χ0) is 17.9. The fourth-order valence-corrected chi connectivity index (χ4v) is 3.12. The number of rotatable bonds is 8. The zero-order valence-corrected chi connectivity index (χ0v) is 16.1. The van der Waals surface area contributed by atoms with Gasteiger partial charge in [-0.1, -0.05) is 20.8 Å². The maximum atomic E-state index is 5.52. The molecule has 134 valence electrons. The minimum absolute atomic E-state index is 0.379. The maximum absolute atomic E-state index is 5.52. The van der Waals surface area contributed by atoms with Crippen molar-refractivity contribution in [1.82, 2.24) is 24.9 Å². The molecule has 0 saturated heterocycles. The predicted octanol–water partition coefficient (Wildman–Crippen LogP) is 2.79. The molecule has 0 amide bonds. The lowest BCUT2D eigenvalue weighted by Gasteiger charge is -2.15. The van der Waals surface area contributed by atoms with Gasteiger partial charge in [-0.25, -0.2) is 4.68 Å². The second-order valence-electron chi connectivity index (χ2n) is 7.00. The largest absolute Gasteiger partial charge is 0.481 e. The standard InChI is InChI=1S/C18H31N5O/c1-12(2)17-16(18(24-7)22(6)21-17)10-19-9-13(3)11-23-15(5)8-14(4)20-23/h8,12-13,19H,9-11H2,1-7H3/t13-/m1/s1. The molecule has 0 saturated carbocycles. The molecule has 2 rings (SSSR count). The van der Waals surface area contributed by atoms with Gasteiger partial charge in [0.2, 0.25) is 5.88 Å². The highest BCUT2D eigenvalue weighted by molar-refractivity contribution is 5.33. The summed E-state index contributed by atoms with van der Waals surface area (Å²) < 4.78 is 9.44. The predicted molar refractivity (Wildman–Crippen MR) is 96.4 cm³/mol. The van der Waals surface area contributed by atoms with E-state index in [4.69, 9.17) is 4.74 Å². The fourth-order valence-electron chi connectivity index (χ4n) is 3.12. The SMILES string of the molecule is COc1c(CNC[C@@H](C)Cn2nc(C)cc2C)c(C(C)C)nn1C. The smallest absolute Gasteiger partial charge is 0.216 e. The lowest BCUT2D eigenvalue weighted by atomic mass is 10.1. The summed E-state index contributed by atoms with van der Waals surface area (Å²) in [4.78, 5) is 0. The number of nitrogens with one attached hydrogen (secondary N) is 1. The number of hydrogen-bond donors (Lipinski definition) is 1. The van der Waals surface area contributed by atoms with Crippen LogP contribution in [0.15, 0.2) is 6.07 Å². The Morgan fingerprint density at radius 2 is 1.92 bits per heavy atom. The summed E-state index contributed by atoms with van der Waals surface area (Å²) in [5, 5.41) is 12.7. The van der Waals surface area contributed by atoms with E-state index in [1.165, 1.54) is 5.69 Å². The molecule has 6 heteroatoms. The quantitative estimate of drug-likeness (QED) is 0.807. The molecule has 0 aromatic carbocycles. The average Bonchev–Trinajstić information content (AvgIpc) is 2.98. The van der Waals surface area contributed by atoms with E-state index >= 15 is 0 Å². The summed E-state index contributed by atoms with van der Waals surface area (Å²) in [5.41, 5.74) is 4.56. The highest BCUT2D eigenvalue weighted by Crippen LogP contribution is 2.26. The summed E-state index contributed by atoms with van der Waals surface area (Å²) in [6, 6.07) is 2.12. The van der Waals surface area contributed by atoms with Gasteiger partial charge in [0.1, 0.15) is 0 Å². The Kier molecular flexibility index (Phi) is 6.04. The second-order valence-corrected chi connectivity index (χ2v) is 7.00. The molecular formula is C18H31N5O. The molecule has 0 aliphatic heterocycles. The van der Waals surface area contributed by atoms with Crippen molar-refractivity contribution in [3.63, 3.8) is 0 Å². The third kappa shape index (κ3) is 4.17. The Morgan fingerprint density at radius 3 is 2.46 bits per heavy atom. The van der Waals surface area contributed by atoms with Crippen LogP contribution in [0.25, 0.3) is 0 Å². The van der Waals surface area contributed by atoms with Gasteiger partial charge in [-0.05, 0) is 38.3 Å². The molecule has 0 spiro atoms. The molecule has 0 radical (unpaired) electrons. The van der Waals surface area contributed by atoms with Crippen molar-refractivity contribution < 1.29 is 4.74 Å². The van der Waals surface area contributed by atoms with Crippen molar-refractivity contribution in [3.05, 3.63) is 28.7 Å². The third-order valence-corrected chi connectivity index (χ3v) is 4.24. The van der Waals surface area contributed by atoms with E-state index in [0.717, 1.165) is 42.5 Å². The van der Waals surface area contributed by atoms with Crippen LogP contribution in [-0.4, -0.2) is 33.2 Å². The lowest BCUT2D eigenvalue weighted by molar-refractivity contribution is 0.365. The van der Waals surface area contributed by atoms with Crippen molar-refractivity contribution in [2.75, 3.05) is 13.7 Å². The summed E-state index contributed by atoms with van der Waals surface area (Å²) in [5.74, 6) is 1.72. The van der Waals surface area contributed by atoms with Crippen LogP contribution >= 0.6 is 0 Å². The molecule has 24 heavy (non-hydrogen) atoms. The van der Waals surface area contributed by atoms with E-state index in [9.17, 15) is 0 Å². The zero-order valence-electron chi connectivity index (χ0n) is 16.1. The van der Waals surface area contributed by atoms with Crippen molar-refractivity contribution in [1.29, 1.82) is 0 Å². The van der Waals surface area contributed by atoms with E-state index in [2.05, 4.69) is 54.0 Å². The minimum atomic E-state index is 0.379. The van der Waals surface area contributed by atoms with Crippen molar-refractivity contribution in [3.8, 4) is 5.88 Å². The summed E-state index contributed by atoms with van der Waals surface area (Å²) in [7, 11) is 3.63. The number of nitrogens with zero attached hydrogens (tertiary/aromatic N) is 4. The Bertz CT molecular complexity index is 671. The highest BCUT2D eigenvalue weighted by Gasteiger charge is 2.19. The van der Waals surface area contributed by atoms with E-state index in [-0.39, 0.29) is 0 Å². The van der Waals surface area contributed by atoms with Crippen LogP contribution < -0.4 is 10.1 Å². The molecule has 2 aromatic rings. The Hall–Kier alpha value is -1.82. The number of hydrogen-bond acceptors (Lipinski definition) is 4. The van der Waals surface area contributed by atoms with Gasteiger partial charge in [0.15, 0.2) is 0 Å². The maximum Gasteiger partial charge on any atom is 0.216 e. The van der Waals surface area contributed by atoms with Gasteiger partial charge < -0.3 is 10.1 Å². The molecule has 0 fully saturated rings. The summed E-state index contributed by atoms with van der Waals surface area (Å²) >= 11 is 0.